The van der Waals surface area contributed by atoms with Crippen LogP contribution >= 0.6 is 11.6 Å². The number of aliphatic imine (C=N–C) groups is 1. The second-order valence-corrected chi connectivity index (χ2v) is 6.46. The van der Waals surface area contributed by atoms with Gasteiger partial charge in [0.15, 0.2) is 0 Å². The number of aromatic nitrogens is 2. The van der Waals surface area contributed by atoms with Crippen molar-refractivity contribution < 1.29 is 9.18 Å². The summed E-state index contributed by atoms with van der Waals surface area (Å²) in [7, 11) is 1.77. The van der Waals surface area contributed by atoms with Crippen LogP contribution in [0.5, 0.6) is 0 Å². The summed E-state index contributed by atoms with van der Waals surface area (Å²) in [5.41, 5.74) is 8.23. The van der Waals surface area contributed by atoms with Crippen molar-refractivity contribution in [2.75, 3.05) is 6.54 Å². The number of amides is 1. The number of rotatable bonds is 6. The predicted octanol–water partition coefficient (Wildman–Crippen LogP) is 1.98. The maximum absolute atomic E-state index is 13.3. The lowest BCUT2D eigenvalue weighted by Gasteiger charge is -2.16. The molecule has 0 unspecified atom stereocenters. The third kappa shape index (κ3) is 4.00. The zero-order valence-electron chi connectivity index (χ0n) is 14.2. The average molecular weight is 376 g/mol. The van der Waals surface area contributed by atoms with E-state index in [4.69, 9.17) is 17.3 Å². The lowest BCUT2D eigenvalue weighted by atomic mass is 10.1. The Morgan fingerprint density at radius 1 is 1.50 bits per heavy atom. The molecule has 1 atom stereocenters. The first-order chi connectivity index (χ1) is 12.5. The Kier molecular flexibility index (Phi) is 5.49. The van der Waals surface area contributed by atoms with Gasteiger partial charge in [-0.3, -0.25) is 9.48 Å². The third-order valence-electron chi connectivity index (χ3n) is 4.14. The van der Waals surface area contributed by atoms with Crippen LogP contribution < -0.4 is 11.1 Å². The highest BCUT2D eigenvalue weighted by molar-refractivity contribution is 6.34. The highest BCUT2D eigenvalue weighted by atomic mass is 35.5. The number of carbonyl (C=O) groups is 1. The molecule has 2 aromatic rings. The first kappa shape index (κ1) is 18.3. The molecule has 1 amide bonds. The van der Waals surface area contributed by atoms with E-state index in [9.17, 15) is 9.18 Å². The summed E-state index contributed by atoms with van der Waals surface area (Å²) in [5, 5.41) is 7.43. The van der Waals surface area contributed by atoms with Gasteiger partial charge in [0.2, 0.25) is 0 Å². The summed E-state index contributed by atoms with van der Waals surface area (Å²) < 4.78 is 14.9. The van der Waals surface area contributed by atoms with Crippen molar-refractivity contribution >= 4 is 23.2 Å². The molecule has 1 aliphatic heterocycles. The van der Waals surface area contributed by atoms with Gasteiger partial charge in [0, 0.05) is 26.1 Å². The second kappa shape index (κ2) is 7.80. The number of halogens is 2. The summed E-state index contributed by atoms with van der Waals surface area (Å²) in [5.74, 6) is -0.629. The molecule has 2 heterocycles. The van der Waals surface area contributed by atoms with Crippen molar-refractivity contribution in [3.8, 4) is 0 Å². The number of hydrogen-bond acceptors (Lipinski definition) is 4. The molecule has 8 heteroatoms. The monoisotopic (exact) mass is 375 g/mol. The van der Waals surface area contributed by atoms with Crippen molar-refractivity contribution in [3.05, 3.63) is 64.3 Å². The molecule has 26 heavy (non-hydrogen) atoms. The molecule has 3 rings (SSSR count). The van der Waals surface area contributed by atoms with Crippen LogP contribution in [0.1, 0.15) is 17.7 Å². The van der Waals surface area contributed by atoms with Crippen molar-refractivity contribution in [2.45, 2.75) is 18.9 Å². The molecule has 0 saturated heterocycles. The topological polar surface area (TPSA) is 85.3 Å². The maximum Gasteiger partial charge on any atom is 0.269 e. The summed E-state index contributed by atoms with van der Waals surface area (Å²) in [6, 6.07) is 5.93. The van der Waals surface area contributed by atoms with E-state index in [1.807, 2.05) is 0 Å². The number of nitrogens with two attached hydrogens (primary N) is 1. The molecule has 0 radical (unpaired) electrons. The van der Waals surface area contributed by atoms with Crippen molar-refractivity contribution in [1.29, 1.82) is 0 Å². The largest absolute Gasteiger partial charge is 0.346 e. The van der Waals surface area contributed by atoms with Gasteiger partial charge in [0.25, 0.3) is 5.91 Å². The van der Waals surface area contributed by atoms with E-state index in [2.05, 4.69) is 15.4 Å². The molecule has 0 saturated carbocycles. The third-order valence-corrected chi connectivity index (χ3v) is 4.41. The second-order valence-electron chi connectivity index (χ2n) is 6.06. The molecule has 1 aromatic carbocycles. The molecule has 0 bridgehead atoms. The lowest BCUT2D eigenvalue weighted by molar-refractivity contribution is -0.118. The first-order valence-electron chi connectivity index (χ1n) is 8.19. The smallest absolute Gasteiger partial charge is 0.269 e. The fraction of sp³-hybridized carbons (Fsp3) is 0.278. The van der Waals surface area contributed by atoms with Crippen LogP contribution in [0.15, 0.2) is 47.2 Å². The van der Waals surface area contributed by atoms with E-state index in [-0.39, 0.29) is 24.3 Å². The Hall–Kier alpha value is -2.51. The molecule has 3 N–H and O–H groups in total. The molecule has 0 aliphatic carbocycles. The van der Waals surface area contributed by atoms with Crippen LogP contribution in [0.25, 0.3) is 0 Å². The van der Waals surface area contributed by atoms with Gasteiger partial charge >= 0.3 is 0 Å². The van der Waals surface area contributed by atoms with Crippen molar-refractivity contribution in [2.24, 2.45) is 17.8 Å². The maximum atomic E-state index is 13.3. The minimum Gasteiger partial charge on any atom is -0.346 e. The molecular formula is C18H19ClFN5O. The Bertz CT molecular complexity index is 870. The van der Waals surface area contributed by atoms with Gasteiger partial charge in [-0.05, 0) is 30.2 Å². The highest BCUT2D eigenvalue weighted by Gasteiger charge is 2.22. The first-order valence-corrected chi connectivity index (χ1v) is 8.56. The van der Waals surface area contributed by atoms with Gasteiger partial charge in [-0.15, -0.1) is 0 Å². The molecule has 136 valence electrons. The normalized spacial score (nSPS) is 14.8. The van der Waals surface area contributed by atoms with Gasteiger partial charge in [0.1, 0.15) is 17.2 Å². The number of nitrogens with zero attached hydrogens (tertiary/aromatic N) is 3. The van der Waals surface area contributed by atoms with Gasteiger partial charge in [-0.2, -0.15) is 5.10 Å². The Morgan fingerprint density at radius 2 is 2.31 bits per heavy atom. The zero-order valence-corrected chi connectivity index (χ0v) is 15.0. The van der Waals surface area contributed by atoms with Crippen LogP contribution in [0, 0.1) is 5.82 Å². The quantitative estimate of drug-likeness (QED) is 0.809. The number of carbonyl (C=O) groups excluding carboxylic acids is 1. The minimum absolute atomic E-state index is 0.236. The van der Waals surface area contributed by atoms with Crippen LogP contribution in [0.3, 0.4) is 0 Å². The van der Waals surface area contributed by atoms with Crippen LogP contribution in [-0.2, 0) is 18.3 Å². The molecule has 1 aliphatic rings. The van der Waals surface area contributed by atoms with E-state index in [1.54, 1.807) is 36.1 Å². The lowest BCUT2D eigenvalue weighted by Crippen LogP contribution is -2.42. The van der Waals surface area contributed by atoms with Gasteiger partial charge < -0.3 is 11.1 Å². The van der Waals surface area contributed by atoms with Crippen LogP contribution in [-0.4, -0.2) is 34.0 Å². The number of allylic oxidation sites excluding steroid dienone is 1. The molecular weight excluding hydrogens is 357 g/mol. The van der Waals surface area contributed by atoms with E-state index >= 15 is 0 Å². The summed E-state index contributed by atoms with van der Waals surface area (Å²) in [4.78, 5) is 16.9. The molecule has 0 fully saturated rings. The van der Waals surface area contributed by atoms with Gasteiger partial charge in [0.05, 0.1) is 16.9 Å². The van der Waals surface area contributed by atoms with Crippen molar-refractivity contribution in [1.82, 2.24) is 15.1 Å². The van der Waals surface area contributed by atoms with E-state index in [1.165, 1.54) is 12.1 Å². The number of hydrogen-bond donors (Lipinski definition) is 2. The fourth-order valence-corrected chi connectivity index (χ4v) is 3.13. The Balaban J connectivity index is 1.67. The summed E-state index contributed by atoms with van der Waals surface area (Å²) in [6.45, 7) is 0.236. The van der Waals surface area contributed by atoms with E-state index in [0.29, 0.717) is 35.0 Å². The minimum atomic E-state index is -0.315. The standard InChI is InChI=1S/C18H19ClFN5O/c1-25-17(14(19)10-22-25)15-5-6-16(24-15)18(26)23-13(9-21)8-11-3-2-4-12(20)7-11/h2-4,6-7,10,13H,5,8-9,21H2,1H3,(H,23,26)/t13-/m0/s1. The zero-order chi connectivity index (χ0) is 18.7. The molecule has 1 aromatic heterocycles. The molecule has 0 spiro atoms. The fourth-order valence-electron chi connectivity index (χ4n) is 2.86. The Morgan fingerprint density at radius 3 is 2.96 bits per heavy atom. The van der Waals surface area contributed by atoms with E-state index in [0.717, 1.165) is 5.56 Å². The van der Waals surface area contributed by atoms with Gasteiger partial charge in [-0.25, -0.2) is 9.38 Å². The van der Waals surface area contributed by atoms with Crippen LogP contribution in [0.2, 0.25) is 5.02 Å². The SMILES string of the molecule is Cn1ncc(Cl)c1C1=NC(C(=O)N[C@H](CN)Cc2cccc(F)c2)=CC1. The highest BCUT2D eigenvalue weighted by Crippen LogP contribution is 2.22. The number of aryl methyl sites for hydroxylation is 1. The predicted molar refractivity (Wildman–Crippen MR) is 98.5 cm³/mol. The van der Waals surface area contributed by atoms with Gasteiger partial charge in [-0.1, -0.05) is 23.7 Å². The Labute approximate surface area is 155 Å². The van der Waals surface area contributed by atoms with E-state index < -0.39 is 0 Å². The van der Waals surface area contributed by atoms with Crippen LogP contribution in [0.4, 0.5) is 4.39 Å². The summed E-state index contributed by atoms with van der Waals surface area (Å²) >= 11 is 6.13. The number of benzene rings is 1. The van der Waals surface area contributed by atoms with Crippen molar-refractivity contribution in [3.63, 3.8) is 0 Å². The molecule has 6 nitrogen and oxygen atoms in total. The number of nitrogens with one attached hydrogen (secondary N) is 1. The summed E-state index contributed by atoms with van der Waals surface area (Å²) in [6.07, 6.45) is 4.22. The average Bonchev–Trinajstić information content (AvgIpc) is 3.21.